The van der Waals surface area contributed by atoms with E-state index in [0.717, 1.165) is 96.6 Å². The zero-order valence-electron chi connectivity index (χ0n) is 40.5. The van der Waals surface area contributed by atoms with Gasteiger partial charge in [0.2, 0.25) is 11.8 Å². The second-order valence-electron chi connectivity index (χ2n) is 19.2. The summed E-state index contributed by atoms with van der Waals surface area (Å²) in [6.45, 7) is 12.2. The Morgan fingerprint density at radius 2 is 0.689 bits per heavy atom. The smallest absolute Gasteiger partial charge is 0.243 e. The molecule has 0 saturated carbocycles. The van der Waals surface area contributed by atoms with Gasteiger partial charge in [0.05, 0.1) is 24.4 Å². The van der Waals surface area contributed by atoms with Crippen LogP contribution in [0.3, 0.4) is 0 Å². The summed E-state index contributed by atoms with van der Waals surface area (Å²) < 4.78 is 0. The molecule has 0 aromatic carbocycles. The van der Waals surface area contributed by atoms with Gasteiger partial charge in [0, 0.05) is 26.2 Å². The van der Waals surface area contributed by atoms with Crippen molar-refractivity contribution in [1.29, 1.82) is 0 Å². The van der Waals surface area contributed by atoms with E-state index in [1.165, 1.54) is 116 Å². The fourth-order valence-electron chi connectivity index (χ4n) is 9.05. The fraction of sp³-hybridized carbons (Fsp3) is 0.961. The Kier molecular flexibility index (Phi) is 38.1. The number of nitrogens with one attached hydrogen (secondary N) is 2. The maximum absolute atomic E-state index is 13.1. The van der Waals surface area contributed by atoms with Crippen molar-refractivity contribution in [2.24, 2.45) is 0 Å². The van der Waals surface area contributed by atoms with Crippen LogP contribution in [0.1, 0.15) is 240 Å². The second-order valence-corrected chi connectivity index (χ2v) is 19.2. The van der Waals surface area contributed by atoms with Crippen LogP contribution in [0.4, 0.5) is 0 Å². The molecule has 1 fully saturated rings. The van der Waals surface area contributed by atoms with E-state index < -0.39 is 36.5 Å². The average Bonchev–Trinajstić information content (AvgIpc) is 3.22. The summed E-state index contributed by atoms with van der Waals surface area (Å²) in [7, 11) is 0. The molecule has 1 aliphatic heterocycles. The maximum atomic E-state index is 13.1. The number of aliphatic hydroxyl groups excluding tert-OH is 4. The van der Waals surface area contributed by atoms with Gasteiger partial charge in [0.15, 0.2) is 0 Å². The Balaban J connectivity index is 2.47. The summed E-state index contributed by atoms with van der Waals surface area (Å²) in [6, 6.07) is -1.08. The summed E-state index contributed by atoms with van der Waals surface area (Å²) >= 11 is 0. The summed E-state index contributed by atoms with van der Waals surface area (Å²) in [5, 5.41) is 48.7. The summed E-state index contributed by atoms with van der Waals surface area (Å²) in [4.78, 5) is 30.5. The number of hydrogen-bond donors (Lipinski definition) is 6. The molecule has 0 aromatic rings. The molecule has 6 atom stereocenters. The Morgan fingerprint density at radius 1 is 0.410 bits per heavy atom. The summed E-state index contributed by atoms with van der Waals surface area (Å²) in [5.74, 6) is -0.246. The van der Waals surface area contributed by atoms with Crippen molar-refractivity contribution in [3.63, 3.8) is 0 Å². The number of aliphatic hydroxyl groups is 4. The Labute approximate surface area is 376 Å². The minimum Gasteiger partial charge on any atom is -0.392 e. The van der Waals surface area contributed by atoms with E-state index >= 15 is 0 Å². The van der Waals surface area contributed by atoms with Gasteiger partial charge in [-0.05, 0) is 77.8 Å². The molecule has 61 heavy (non-hydrogen) atoms. The second kappa shape index (κ2) is 40.2. The largest absolute Gasteiger partial charge is 0.392 e. The highest BCUT2D eigenvalue weighted by molar-refractivity contribution is 5.96. The predicted molar refractivity (Wildman–Crippen MR) is 256 cm³/mol. The van der Waals surface area contributed by atoms with Gasteiger partial charge in [-0.2, -0.15) is 0 Å². The van der Waals surface area contributed by atoms with E-state index in [1.807, 2.05) is 0 Å². The predicted octanol–water partition coefficient (Wildman–Crippen LogP) is 9.97. The molecule has 0 unspecified atom stereocenters. The number of unbranched alkanes of at least 4 members (excludes halogenated alkanes) is 23. The number of rotatable bonds is 45. The van der Waals surface area contributed by atoms with Crippen LogP contribution in [0.15, 0.2) is 0 Å². The van der Waals surface area contributed by atoms with E-state index in [2.05, 4.69) is 41.2 Å². The van der Waals surface area contributed by atoms with Crippen LogP contribution in [-0.4, -0.2) is 118 Å². The van der Waals surface area contributed by atoms with Crippen molar-refractivity contribution in [2.75, 3.05) is 39.3 Å². The van der Waals surface area contributed by atoms with Gasteiger partial charge < -0.3 is 31.1 Å². The van der Waals surface area contributed by atoms with Crippen LogP contribution >= 0.6 is 0 Å². The normalized spacial score (nSPS) is 17.8. The van der Waals surface area contributed by atoms with E-state index in [-0.39, 0.29) is 11.8 Å². The Bertz CT molecular complexity index is 976. The van der Waals surface area contributed by atoms with Crippen LogP contribution in [0, 0.1) is 0 Å². The molecule has 1 aliphatic rings. The third kappa shape index (κ3) is 33.8. The lowest BCUT2D eigenvalue weighted by Gasteiger charge is -2.31. The highest BCUT2D eigenvalue weighted by Gasteiger charge is 2.33. The molecule has 0 aromatic heterocycles. The molecular formula is C51H102N4O6. The van der Waals surface area contributed by atoms with E-state index in [4.69, 9.17) is 0 Å². The van der Waals surface area contributed by atoms with E-state index in [0.29, 0.717) is 39.0 Å². The minimum absolute atomic E-state index is 0.122. The van der Waals surface area contributed by atoms with Gasteiger partial charge in [-0.1, -0.05) is 175 Å². The molecular weight excluding hydrogens is 765 g/mol. The van der Waals surface area contributed by atoms with Crippen molar-refractivity contribution in [2.45, 2.75) is 276 Å². The third-order valence-corrected chi connectivity index (χ3v) is 12.8. The molecule has 6 N–H and O–H groups in total. The van der Waals surface area contributed by atoms with Crippen LogP contribution in [-0.2, 0) is 9.59 Å². The molecule has 0 radical (unpaired) electrons. The molecule has 0 spiro atoms. The van der Waals surface area contributed by atoms with Crippen molar-refractivity contribution in [1.82, 2.24) is 20.4 Å². The lowest BCUT2D eigenvalue weighted by Crippen LogP contribution is -2.61. The zero-order valence-corrected chi connectivity index (χ0v) is 40.5. The number of amides is 2. The van der Waals surface area contributed by atoms with Gasteiger partial charge >= 0.3 is 0 Å². The Hall–Kier alpha value is -1.30. The molecule has 0 bridgehead atoms. The first-order valence-corrected chi connectivity index (χ1v) is 26.4. The first-order chi connectivity index (χ1) is 29.6. The van der Waals surface area contributed by atoms with Crippen molar-refractivity contribution >= 4 is 11.8 Å². The number of hydrogen-bond acceptors (Lipinski definition) is 8. The first-order valence-electron chi connectivity index (χ1n) is 26.4. The Morgan fingerprint density at radius 3 is 0.984 bits per heavy atom. The molecule has 1 rings (SSSR count). The number of nitrogens with zero attached hydrogens (tertiary/aromatic N) is 2. The number of carbonyl (C=O) groups excluding carboxylic acids is 2. The molecule has 10 heteroatoms. The summed E-state index contributed by atoms with van der Waals surface area (Å²) in [5.41, 5.74) is 0. The van der Waals surface area contributed by atoms with E-state index in [1.54, 1.807) is 6.92 Å². The van der Waals surface area contributed by atoms with Crippen molar-refractivity contribution < 1.29 is 30.0 Å². The highest BCUT2D eigenvalue weighted by Crippen LogP contribution is 2.17. The van der Waals surface area contributed by atoms with Gasteiger partial charge in [-0.3, -0.25) is 19.4 Å². The third-order valence-electron chi connectivity index (χ3n) is 12.8. The number of carbonyl (C=O) groups is 2. The van der Waals surface area contributed by atoms with Crippen LogP contribution in [0.25, 0.3) is 0 Å². The topological polar surface area (TPSA) is 146 Å². The van der Waals surface area contributed by atoms with Gasteiger partial charge in [-0.15, -0.1) is 0 Å². The fourth-order valence-corrected chi connectivity index (χ4v) is 9.05. The molecule has 1 saturated heterocycles. The quantitative estimate of drug-likeness (QED) is 0.0332. The monoisotopic (exact) mass is 867 g/mol. The lowest BCUT2D eigenvalue weighted by molar-refractivity contribution is -0.137. The molecule has 10 nitrogen and oxygen atoms in total. The minimum atomic E-state index is -0.540. The number of piperazine rings is 1. The first kappa shape index (κ1) is 57.7. The summed E-state index contributed by atoms with van der Waals surface area (Å²) in [6.07, 6.45) is 34.7. The molecule has 1 heterocycles. The SMILES string of the molecule is CCCCCCCCCC[C@@H](O)CN(CCCC[C@@H]1NC(=O)[C@H](CCCCN(C[C@@H](O)CCCCCCCCCC)C[C@H](C)O)NC1=O)C[C@@H](O)CCCCCCCCCC. The van der Waals surface area contributed by atoms with E-state index in [9.17, 15) is 30.0 Å². The lowest BCUT2D eigenvalue weighted by atomic mass is 10.0. The van der Waals surface area contributed by atoms with Gasteiger partial charge in [-0.25, -0.2) is 0 Å². The van der Waals surface area contributed by atoms with Gasteiger partial charge in [0.25, 0.3) is 0 Å². The van der Waals surface area contributed by atoms with Crippen molar-refractivity contribution in [3.8, 4) is 0 Å². The van der Waals surface area contributed by atoms with Crippen LogP contribution < -0.4 is 10.6 Å². The van der Waals surface area contributed by atoms with Crippen molar-refractivity contribution in [3.05, 3.63) is 0 Å². The van der Waals surface area contributed by atoms with Crippen LogP contribution in [0.5, 0.6) is 0 Å². The van der Waals surface area contributed by atoms with Gasteiger partial charge in [0.1, 0.15) is 12.1 Å². The average molecular weight is 867 g/mol. The molecule has 362 valence electrons. The molecule has 0 aliphatic carbocycles. The molecule has 2 amide bonds. The van der Waals surface area contributed by atoms with Crippen LogP contribution in [0.2, 0.25) is 0 Å². The zero-order chi connectivity index (χ0) is 44.8. The maximum Gasteiger partial charge on any atom is 0.243 e. The standard InChI is InChI=1S/C51H102N4O6/c1-5-8-11-14-17-20-23-26-33-45(57)41-54(40-44(4)56)38-31-29-36-48-50(60)53-49(51(61)52-48)37-30-32-39-55(42-46(58)34-27-24-21-18-15-12-9-6-2)43-47(59)35-28-25-22-19-16-13-10-7-3/h44-49,56-59H,5-43H2,1-4H3,(H,52,61)(H,53,60)/t44-,45-,46-,47+,48-,49-/m0/s1. The highest BCUT2D eigenvalue weighted by atomic mass is 16.3.